The fourth-order valence-electron chi connectivity index (χ4n) is 2.27. The third-order valence-electron chi connectivity index (χ3n) is 3.42. The van der Waals surface area contributed by atoms with Gasteiger partial charge in [-0.3, -0.25) is 0 Å². The van der Waals surface area contributed by atoms with Gasteiger partial charge in [0.25, 0.3) is 0 Å². The van der Waals surface area contributed by atoms with Crippen LogP contribution in [0.4, 0.5) is 0 Å². The predicted octanol–water partition coefficient (Wildman–Crippen LogP) is 2.16. The lowest BCUT2D eigenvalue weighted by Gasteiger charge is -2.28. The van der Waals surface area contributed by atoms with Crippen LogP contribution in [0.3, 0.4) is 0 Å². The molecule has 2 rings (SSSR count). The zero-order chi connectivity index (χ0) is 13.9. The highest BCUT2D eigenvalue weighted by molar-refractivity contribution is 9.08. The lowest BCUT2D eigenvalue weighted by molar-refractivity contribution is 0.101. The molecule has 1 aliphatic rings. The third-order valence-corrected chi connectivity index (χ3v) is 5.58. The highest BCUT2D eigenvalue weighted by Gasteiger charge is 2.27. The van der Waals surface area contributed by atoms with E-state index < -0.39 is 16.1 Å². The van der Waals surface area contributed by atoms with Crippen LogP contribution in [0.25, 0.3) is 0 Å². The van der Waals surface area contributed by atoms with E-state index in [1.54, 1.807) is 24.3 Å². The normalized spacial score (nSPS) is 24.3. The van der Waals surface area contributed by atoms with Gasteiger partial charge in [0.05, 0.1) is 11.0 Å². The first-order valence-corrected chi connectivity index (χ1v) is 8.99. The van der Waals surface area contributed by atoms with E-state index in [2.05, 4.69) is 20.7 Å². The molecule has 1 fully saturated rings. The molecule has 2 N–H and O–H groups in total. The fourth-order valence-corrected chi connectivity index (χ4v) is 3.95. The van der Waals surface area contributed by atoms with Crippen molar-refractivity contribution in [3.05, 3.63) is 29.8 Å². The number of aliphatic hydroxyl groups is 1. The lowest BCUT2D eigenvalue weighted by atomic mass is 9.93. The summed E-state index contributed by atoms with van der Waals surface area (Å²) < 4.78 is 27.0. The van der Waals surface area contributed by atoms with E-state index in [0.717, 1.165) is 18.4 Å². The molecule has 1 aromatic rings. The molecule has 0 saturated heterocycles. The second-order valence-corrected chi connectivity index (χ2v) is 7.13. The quantitative estimate of drug-likeness (QED) is 0.820. The van der Waals surface area contributed by atoms with Gasteiger partial charge in [0, 0.05) is 11.4 Å². The van der Waals surface area contributed by atoms with Gasteiger partial charge in [0.15, 0.2) is 0 Å². The van der Waals surface area contributed by atoms with E-state index >= 15 is 0 Å². The maximum atomic E-state index is 12.2. The Hall–Kier alpha value is -0.430. The molecule has 2 unspecified atom stereocenters. The zero-order valence-corrected chi connectivity index (χ0v) is 13.0. The van der Waals surface area contributed by atoms with Crippen molar-refractivity contribution in [2.45, 2.75) is 48.1 Å². The van der Waals surface area contributed by atoms with Gasteiger partial charge in [-0.25, -0.2) is 13.1 Å². The van der Waals surface area contributed by atoms with E-state index in [9.17, 15) is 13.5 Å². The van der Waals surface area contributed by atoms with Gasteiger partial charge in [-0.05, 0) is 30.5 Å². The molecular formula is C13H18BrNO3S. The minimum absolute atomic E-state index is 0.245. The van der Waals surface area contributed by atoms with Gasteiger partial charge in [-0.15, -0.1) is 0 Å². The minimum Gasteiger partial charge on any atom is -0.391 e. The van der Waals surface area contributed by atoms with E-state index in [1.807, 2.05) is 0 Å². The predicted molar refractivity (Wildman–Crippen MR) is 77.7 cm³/mol. The standard InChI is InChI=1S/C13H18BrNO3S/c14-9-10-5-7-11(8-6-10)19(17,18)15-12-3-1-2-4-13(12)16/h5-8,12-13,15-16H,1-4,9H2. The van der Waals surface area contributed by atoms with Crippen LogP contribution in [-0.2, 0) is 15.4 Å². The number of benzene rings is 1. The van der Waals surface area contributed by atoms with Gasteiger partial charge in [-0.1, -0.05) is 40.9 Å². The summed E-state index contributed by atoms with van der Waals surface area (Å²) in [7, 11) is -3.54. The average Bonchev–Trinajstić information content (AvgIpc) is 2.41. The largest absolute Gasteiger partial charge is 0.391 e. The molecule has 1 saturated carbocycles. The number of sulfonamides is 1. The Kier molecular flexibility index (Phi) is 5.00. The molecule has 1 aromatic carbocycles. The molecule has 0 bridgehead atoms. The molecule has 0 spiro atoms. The number of aliphatic hydroxyl groups excluding tert-OH is 1. The zero-order valence-electron chi connectivity index (χ0n) is 10.5. The van der Waals surface area contributed by atoms with Crippen molar-refractivity contribution in [2.75, 3.05) is 0 Å². The van der Waals surface area contributed by atoms with Crippen LogP contribution in [0.15, 0.2) is 29.2 Å². The molecule has 0 aliphatic heterocycles. The molecule has 6 heteroatoms. The van der Waals surface area contributed by atoms with Crippen molar-refractivity contribution >= 4 is 26.0 Å². The number of halogens is 1. The summed E-state index contributed by atoms with van der Waals surface area (Å²) in [5.41, 5.74) is 1.02. The smallest absolute Gasteiger partial charge is 0.240 e. The monoisotopic (exact) mass is 347 g/mol. The number of nitrogens with one attached hydrogen (secondary N) is 1. The summed E-state index contributed by atoms with van der Waals surface area (Å²) in [5, 5.41) is 10.5. The Morgan fingerprint density at radius 2 is 1.84 bits per heavy atom. The van der Waals surface area contributed by atoms with Crippen LogP contribution in [0.1, 0.15) is 31.2 Å². The van der Waals surface area contributed by atoms with Gasteiger partial charge < -0.3 is 5.11 Å². The Morgan fingerprint density at radius 1 is 1.21 bits per heavy atom. The van der Waals surface area contributed by atoms with E-state index in [0.29, 0.717) is 18.2 Å². The number of rotatable bonds is 4. The van der Waals surface area contributed by atoms with Gasteiger partial charge >= 0.3 is 0 Å². The van der Waals surface area contributed by atoms with Gasteiger partial charge in [-0.2, -0.15) is 0 Å². The van der Waals surface area contributed by atoms with Crippen molar-refractivity contribution in [3.63, 3.8) is 0 Å². The molecule has 19 heavy (non-hydrogen) atoms. The summed E-state index contributed by atoms with van der Waals surface area (Å²) in [5.74, 6) is 0. The Morgan fingerprint density at radius 3 is 2.42 bits per heavy atom. The second-order valence-electron chi connectivity index (χ2n) is 4.86. The third kappa shape index (κ3) is 3.78. The lowest BCUT2D eigenvalue weighted by Crippen LogP contribution is -2.44. The minimum atomic E-state index is -3.54. The Labute approximate surface area is 122 Å². The van der Waals surface area contributed by atoms with E-state index in [-0.39, 0.29) is 10.9 Å². The topological polar surface area (TPSA) is 66.4 Å². The summed E-state index contributed by atoms with van der Waals surface area (Å²) in [4.78, 5) is 0.245. The van der Waals surface area contributed by atoms with Crippen LogP contribution in [0, 0.1) is 0 Å². The highest BCUT2D eigenvalue weighted by atomic mass is 79.9. The first kappa shape index (κ1) is 15.0. The maximum Gasteiger partial charge on any atom is 0.240 e. The average molecular weight is 348 g/mol. The first-order chi connectivity index (χ1) is 9.03. The fraction of sp³-hybridized carbons (Fsp3) is 0.538. The first-order valence-electron chi connectivity index (χ1n) is 6.38. The molecule has 0 amide bonds. The Bertz CT molecular complexity index is 515. The molecule has 0 radical (unpaired) electrons. The molecule has 106 valence electrons. The molecule has 2 atom stereocenters. The highest BCUT2D eigenvalue weighted by Crippen LogP contribution is 2.21. The molecule has 0 heterocycles. The van der Waals surface area contributed by atoms with Crippen LogP contribution in [0.2, 0.25) is 0 Å². The van der Waals surface area contributed by atoms with Crippen LogP contribution < -0.4 is 4.72 Å². The number of alkyl halides is 1. The number of hydrogen-bond donors (Lipinski definition) is 2. The Balaban J connectivity index is 2.12. The SMILES string of the molecule is O=S(=O)(NC1CCCCC1O)c1ccc(CBr)cc1. The number of hydrogen-bond acceptors (Lipinski definition) is 3. The van der Waals surface area contributed by atoms with E-state index in [4.69, 9.17) is 0 Å². The summed E-state index contributed by atoms with van der Waals surface area (Å²) in [6.07, 6.45) is 2.69. The van der Waals surface area contributed by atoms with Gasteiger partial charge in [0.2, 0.25) is 10.0 Å². The second kappa shape index (κ2) is 6.35. The molecule has 0 aromatic heterocycles. The maximum absolute atomic E-state index is 12.2. The van der Waals surface area contributed by atoms with Crippen LogP contribution in [0.5, 0.6) is 0 Å². The molecular weight excluding hydrogens is 330 g/mol. The summed E-state index contributed by atoms with van der Waals surface area (Å²) in [6.45, 7) is 0. The van der Waals surface area contributed by atoms with Crippen molar-refractivity contribution in [1.29, 1.82) is 0 Å². The van der Waals surface area contributed by atoms with Crippen molar-refractivity contribution in [1.82, 2.24) is 4.72 Å². The van der Waals surface area contributed by atoms with E-state index in [1.165, 1.54) is 0 Å². The summed E-state index contributed by atoms with van der Waals surface area (Å²) in [6, 6.07) is 6.37. The van der Waals surface area contributed by atoms with Crippen molar-refractivity contribution in [3.8, 4) is 0 Å². The van der Waals surface area contributed by atoms with Crippen LogP contribution >= 0.6 is 15.9 Å². The van der Waals surface area contributed by atoms with Crippen LogP contribution in [-0.4, -0.2) is 25.7 Å². The van der Waals surface area contributed by atoms with Gasteiger partial charge in [0.1, 0.15) is 0 Å². The van der Waals surface area contributed by atoms with Crippen molar-refractivity contribution < 1.29 is 13.5 Å². The summed E-state index contributed by atoms with van der Waals surface area (Å²) >= 11 is 3.32. The van der Waals surface area contributed by atoms with Crippen molar-refractivity contribution in [2.24, 2.45) is 0 Å². The molecule has 4 nitrogen and oxygen atoms in total. The molecule has 1 aliphatic carbocycles.